The fourth-order valence-electron chi connectivity index (χ4n) is 3.05. The van der Waals surface area contributed by atoms with E-state index >= 15 is 0 Å². The van der Waals surface area contributed by atoms with Crippen molar-refractivity contribution in [1.29, 1.82) is 0 Å². The number of sulfonamides is 1. The molecule has 2 N–H and O–H groups in total. The molecule has 3 rings (SSSR count). The summed E-state index contributed by atoms with van der Waals surface area (Å²) in [5.74, 6) is 0.857. The Labute approximate surface area is 153 Å². The van der Waals surface area contributed by atoms with Crippen LogP contribution in [0.1, 0.15) is 47.3 Å². The lowest BCUT2D eigenvalue weighted by Gasteiger charge is -2.16. The summed E-state index contributed by atoms with van der Waals surface area (Å²) in [6, 6.07) is 5.09. The van der Waals surface area contributed by atoms with Crippen LogP contribution in [0.15, 0.2) is 29.3 Å². The zero-order valence-corrected chi connectivity index (χ0v) is 16.2. The molecule has 0 spiro atoms. The molecule has 1 atom stereocenters. The number of rotatable bonds is 6. The molecule has 0 bridgehead atoms. The topological polar surface area (TPSA) is 93.1 Å². The fraction of sp³-hybridized carbons (Fsp3) is 0.444. The molecule has 26 heavy (non-hydrogen) atoms. The second-order valence-corrected chi connectivity index (χ2v) is 8.67. The van der Waals surface area contributed by atoms with Crippen LogP contribution in [0.3, 0.4) is 0 Å². The summed E-state index contributed by atoms with van der Waals surface area (Å²) in [5, 5.41) is 7.18. The van der Waals surface area contributed by atoms with Crippen LogP contribution in [-0.4, -0.2) is 31.2 Å². The number of aromatic nitrogens is 2. The summed E-state index contributed by atoms with van der Waals surface area (Å²) in [6.07, 6.45) is 4.01. The van der Waals surface area contributed by atoms with Gasteiger partial charge in [0.25, 0.3) is 5.91 Å². The van der Waals surface area contributed by atoms with E-state index in [1.165, 1.54) is 26.0 Å². The number of carbonyl (C=O) groups is 1. The van der Waals surface area contributed by atoms with Gasteiger partial charge >= 0.3 is 0 Å². The third-order valence-corrected chi connectivity index (χ3v) is 6.58. The van der Waals surface area contributed by atoms with Crippen LogP contribution in [0.25, 0.3) is 0 Å². The molecule has 1 fully saturated rings. The first-order valence-corrected chi connectivity index (χ1v) is 10.1. The van der Waals surface area contributed by atoms with E-state index in [-0.39, 0.29) is 16.8 Å². The van der Waals surface area contributed by atoms with Gasteiger partial charge < -0.3 is 5.32 Å². The van der Waals surface area contributed by atoms with Gasteiger partial charge in [-0.15, -0.1) is 0 Å². The van der Waals surface area contributed by atoms with E-state index in [1.54, 1.807) is 32.2 Å². The molecule has 2 aromatic rings. The Morgan fingerprint density at radius 3 is 2.62 bits per heavy atom. The summed E-state index contributed by atoms with van der Waals surface area (Å²) >= 11 is 0. The van der Waals surface area contributed by atoms with Crippen LogP contribution in [-0.2, 0) is 10.0 Å². The highest BCUT2D eigenvalue weighted by Gasteiger charge is 2.31. The predicted molar refractivity (Wildman–Crippen MR) is 99.8 cm³/mol. The molecule has 1 aliphatic rings. The van der Waals surface area contributed by atoms with E-state index in [0.29, 0.717) is 22.9 Å². The highest BCUT2D eigenvalue weighted by Crippen LogP contribution is 2.40. The van der Waals surface area contributed by atoms with Gasteiger partial charge in [-0.25, -0.2) is 17.8 Å². The van der Waals surface area contributed by atoms with Gasteiger partial charge in [-0.05, 0) is 69.8 Å². The number of amides is 1. The number of nitrogens with one attached hydrogen (secondary N) is 2. The minimum absolute atomic E-state index is 0.116. The van der Waals surface area contributed by atoms with Crippen molar-refractivity contribution in [3.63, 3.8) is 0 Å². The zero-order chi connectivity index (χ0) is 19.1. The number of hydrogen-bond acceptors (Lipinski definition) is 4. The monoisotopic (exact) mass is 376 g/mol. The largest absolute Gasteiger partial charge is 0.307 e. The van der Waals surface area contributed by atoms with E-state index in [0.717, 1.165) is 5.56 Å². The molecule has 8 heteroatoms. The minimum Gasteiger partial charge on any atom is -0.307 e. The molecule has 1 saturated carbocycles. The van der Waals surface area contributed by atoms with Crippen molar-refractivity contribution in [2.75, 3.05) is 12.4 Å². The van der Waals surface area contributed by atoms with E-state index in [4.69, 9.17) is 0 Å². The van der Waals surface area contributed by atoms with Crippen molar-refractivity contribution in [3.8, 4) is 0 Å². The maximum Gasteiger partial charge on any atom is 0.256 e. The molecule has 0 saturated heterocycles. The van der Waals surface area contributed by atoms with Gasteiger partial charge in [-0.2, -0.15) is 5.10 Å². The third-order valence-electron chi connectivity index (χ3n) is 5.04. The normalized spacial score (nSPS) is 15.7. The Bertz CT molecular complexity index is 945. The molecule has 140 valence electrons. The fourth-order valence-corrected chi connectivity index (χ4v) is 4.12. The first-order valence-electron chi connectivity index (χ1n) is 8.64. The number of aryl methyl sites for hydroxylation is 1. The Morgan fingerprint density at radius 2 is 2.00 bits per heavy atom. The van der Waals surface area contributed by atoms with E-state index in [9.17, 15) is 13.2 Å². The summed E-state index contributed by atoms with van der Waals surface area (Å²) < 4.78 is 28.6. The van der Waals surface area contributed by atoms with Crippen LogP contribution in [0.5, 0.6) is 0 Å². The SMILES string of the molecule is CNS(=O)(=O)c1cc(C(=O)Nc2ccnn2C(C)C2CC2)cc(C)c1C. The van der Waals surface area contributed by atoms with E-state index in [1.807, 2.05) is 4.68 Å². The molecule has 1 amide bonds. The molecular weight excluding hydrogens is 352 g/mol. The minimum atomic E-state index is -3.64. The summed E-state index contributed by atoms with van der Waals surface area (Å²) in [6.45, 7) is 5.61. The summed E-state index contributed by atoms with van der Waals surface area (Å²) in [4.78, 5) is 12.9. The summed E-state index contributed by atoms with van der Waals surface area (Å²) in [5.41, 5.74) is 1.67. The molecule has 1 aromatic carbocycles. The average Bonchev–Trinajstić information content (AvgIpc) is 3.36. The lowest BCUT2D eigenvalue weighted by atomic mass is 10.1. The van der Waals surface area contributed by atoms with Crippen LogP contribution in [0.4, 0.5) is 5.82 Å². The number of hydrogen-bond donors (Lipinski definition) is 2. The first kappa shape index (κ1) is 18.6. The highest BCUT2D eigenvalue weighted by molar-refractivity contribution is 7.89. The molecular formula is C18H24N4O3S. The smallest absolute Gasteiger partial charge is 0.256 e. The molecule has 7 nitrogen and oxygen atoms in total. The Kier molecular flexibility index (Phi) is 4.90. The maximum absolute atomic E-state index is 12.7. The lowest BCUT2D eigenvalue weighted by Crippen LogP contribution is -2.22. The number of benzene rings is 1. The van der Waals surface area contributed by atoms with Crippen molar-refractivity contribution in [3.05, 3.63) is 41.1 Å². The average molecular weight is 376 g/mol. The highest BCUT2D eigenvalue weighted by atomic mass is 32.2. The zero-order valence-electron chi connectivity index (χ0n) is 15.4. The molecule has 0 aliphatic heterocycles. The van der Waals surface area contributed by atoms with Gasteiger partial charge in [0, 0.05) is 11.6 Å². The summed E-state index contributed by atoms with van der Waals surface area (Å²) in [7, 11) is -2.29. The van der Waals surface area contributed by atoms with Crippen molar-refractivity contribution in [1.82, 2.24) is 14.5 Å². The number of carbonyl (C=O) groups excluding carboxylic acids is 1. The first-order chi connectivity index (χ1) is 12.2. The van der Waals surface area contributed by atoms with Gasteiger partial charge in [0.1, 0.15) is 5.82 Å². The molecule has 0 radical (unpaired) electrons. The Hall–Kier alpha value is -2.19. The van der Waals surface area contributed by atoms with Crippen molar-refractivity contribution >= 4 is 21.7 Å². The molecule has 1 heterocycles. The molecule has 1 aromatic heterocycles. The lowest BCUT2D eigenvalue weighted by molar-refractivity contribution is 0.102. The van der Waals surface area contributed by atoms with Gasteiger partial charge in [0.05, 0.1) is 17.1 Å². The molecule has 1 unspecified atom stereocenters. The van der Waals surface area contributed by atoms with Gasteiger partial charge in [-0.3, -0.25) is 4.79 Å². The van der Waals surface area contributed by atoms with Crippen molar-refractivity contribution in [2.24, 2.45) is 5.92 Å². The van der Waals surface area contributed by atoms with Crippen LogP contribution < -0.4 is 10.0 Å². The van der Waals surface area contributed by atoms with Crippen molar-refractivity contribution < 1.29 is 13.2 Å². The second kappa shape index (κ2) is 6.85. The standard InChI is InChI=1S/C18H24N4O3S/c1-11-9-15(10-16(12(11)2)26(24,25)19-4)18(23)21-17-7-8-20-22(17)13(3)14-5-6-14/h7-10,13-14,19H,5-6H2,1-4H3,(H,21,23). The second-order valence-electron chi connectivity index (χ2n) is 6.82. The predicted octanol–water partition coefficient (Wildman–Crippen LogP) is 2.63. The Morgan fingerprint density at radius 1 is 1.31 bits per heavy atom. The van der Waals surface area contributed by atoms with Crippen LogP contribution >= 0.6 is 0 Å². The number of nitrogens with zero attached hydrogens (tertiary/aromatic N) is 2. The van der Waals surface area contributed by atoms with Crippen molar-refractivity contribution in [2.45, 2.75) is 44.6 Å². The third kappa shape index (κ3) is 3.52. The number of anilines is 1. The maximum atomic E-state index is 12.7. The van der Waals surface area contributed by atoms with Gasteiger partial charge in [0.15, 0.2) is 0 Å². The Balaban J connectivity index is 1.91. The van der Waals surface area contributed by atoms with E-state index in [2.05, 4.69) is 22.1 Å². The van der Waals surface area contributed by atoms with Crippen LogP contribution in [0, 0.1) is 19.8 Å². The van der Waals surface area contributed by atoms with Gasteiger partial charge in [-0.1, -0.05) is 0 Å². The molecule has 1 aliphatic carbocycles. The van der Waals surface area contributed by atoms with Gasteiger partial charge in [0.2, 0.25) is 10.0 Å². The van der Waals surface area contributed by atoms with Crippen LogP contribution in [0.2, 0.25) is 0 Å². The van der Waals surface area contributed by atoms with E-state index < -0.39 is 10.0 Å². The quantitative estimate of drug-likeness (QED) is 0.810.